The molecule has 0 amide bonds. The summed E-state index contributed by atoms with van der Waals surface area (Å²) in [6, 6.07) is 15.2. The highest BCUT2D eigenvalue weighted by Gasteiger charge is 2.06. The van der Waals surface area contributed by atoms with Crippen molar-refractivity contribution in [1.29, 1.82) is 0 Å². The molecule has 0 aliphatic carbocycles. The monoisotopic (exact) mass is 231 g/mol. The van der Waals surface area contributed by atoms with Crippen LogP contribution in [0.15, 0.2) is 42.5 Å². The standard InChI is InChI=1S/C14H17NS/c1-16-10-13(15)9-12-7-4-6-11-5-2-3-8-14(11)12/h2-8,13H,9-10,15H2,1H3. The van der Waals surface area contributed by atoms with E-state index < -0.39 is 0 Å². The summed E-state index contributed by atoms with van der Waals surface area (Å²) in [6.45, 7) is 0. The molecular weight excluding hydrogens is 214 g/mol. The molecule has 2 rings (SSSR count). The van der Waals surface area contributed by atoms with E-state index in [4.69, 9.17) is 5.73 Å². The van der Waals surface area contributed by atoms with Gasteiger partial charge in [-0.2, -0.15) is 11.8 Å². The maximum atomic E-state index is 6.09. The van der Waals surface area contributed by atoms with Crippen LogP contribution in [0.25, 0.3) is 10.8 Å². The predicted octanol–water partition coefficient (Wildman–Crippen LogP) is 3.07. The maximum Gasteiger partial charge on any atom is 0.0171 e. The SMILES string of the molecule is CSCC(N)Cc1cccc2ccccc12. The fraction of sp³-hybridized carbons (Fsp3) is 0.286. The van der Waals surface area contributed by atoms with Crippen molar-refractivity contribution in [2.75, 3.05) is 12.0 Å². The molecule has 0 radical (unpaired) electrons. The normalized spacial score (nSPS) is 12.9. The van der Waals surface area contributed by atoms with Crippen molar-refractivity contribution < 1.29 is 0 Å². The Morgan fingerprint density at radius 1 is 1.12 bits per heavy atom. The summed E-state index contributed by atoms with van der Waals surface area (Å²) in [5, 5.41) is 2.64. The van der Waals surface area contributed by atoms with Gasteiger partial charge in [0.05, 0.1) is 0 Å². The molecule has 0 spiro atoms. The second-order valence-electron chi connectivity index (χ2n) is 4.06. The molecule has 2 aromatic rings. The first-order valence-electron chi connectivity index (χ1n) is 5.52. The Morgan fingerprint density at radius 2 is 1.88 bits per heavy atom. The third-order valence-corrected chi connectivity index (χ3v) is 3.50. The smallest absolute Gasteiger partial charge is 0.0171 e. The fourth-order valence-corrected chi connectivity index (χ4v) is 2.57. The van der Waals surface area contributed by atoms with Crippen LogP contribution in [0, 0.1) is 0 Å². The van der Waals surface area contributed by atoms with Gasteiger partial charge in [0.15, 0.2) is 0 Å². The number of thioether (sulfide) groups is 1. The Kier molecular flexibility index (Phi) is 3.86. The molecule has 0 fully saturated rings. The van der Waals surface area contributed by atoms with Crippen LogP contribution >= 0.6 is 11.8 Å². The van der Waals surface area contributed by atoms with E-state index in [-0.39, 0.29) is 6.04 Å². The van der Waals surface area contributed by atoms with Gasteiger partial charge in [-0.15, -0.1) is 0 Å². The van der Waals surface area contributed by atoms with Gasteiger partial charge in [-0.05, 0) is 29.0 Å². The Hall–Kier alpha value is -0.990. The fourth-order valence-electron chi connectivity index (χ4n) is 2.03. The molecule has 2 aromatic carbocycles. The van der Waals surface area contributed by atoms with Crippen molar-refractivity contribution in [1.82, 2.24) is 0 Å². The lowest BCUT2D eigenvalue weighted by molar-refractivity contribution is 0.753. The third-order valence-electron chi connectivity index (χ3n) is 2.74. The zero-order valence-electron chi connectivity index (χ0n) is 9.52. The summed E-state index contributed by atoms with van der Waals surface area (Å²) < 4.78 is 0. The van der Waals surface area contributed by atoms with Crippen molar-refractivity contribution in [2.24, 2.45) is 5.73 Å². The number of hydrogen-bond donors (Lipinski definition) is 1. The number of benzene rings is 2. The molecule has 1 atom stereocenters. The van der Waals surface area contributed by atoms with Crippen LogP contribution in [-0.4, -0.2) is 18.1 Å². The van der Waals surface area contributed by atoms with Gasteiger partial charge in [0, 0.05) is 11.8 Å². The molecule has 0 saturated heterocycles. The first-order valence-corrected chi connectivity index (χ1v) is 6.92. The van der Waals surface area contributed by atoms with Gasteiger partial charge in [0.2, 0.25) is 0 Å². The zero-order valence-corrected chi connectivity index (χ0v) is 10.3. The van der Waals surface area contributed by atoms with Gasteiger partial charge in [0.1, 0.15) is 0 Å². The van der Waals surface area contributed by atoms with E-state index >= 15 is 0 Å². The minimum Gasteiger partial charge on any atom is -0.327 e. The summed E-state index contributed by atoms with van der Waals surface area (Å²) in [7, 11) is 0. The van der Waals surface area contributed by atoms with E-state index in [2.05, 4.69) is 48.7 Å². The molecule has 0 aromatic heterocycles. The molecule has 0 bridgehead atoms. The topological polar surface area (TPSA) is 26.0 Å². The molecule has 0 saturated carbocycles. The first-order chi connectivity index (χ1) is 7.81. The summed E-state index contributed by atoms with van der Waals surface area (Å²) in [6.07, 6.45) is 3.06. The van der Waals surface area contributed by atoms with Gasteiger partial charge in [0.25, 0.3) is 0 Å². The number of nitrogens with two attached hydrogens (primary N) is 1. The summed E-state index contributed by atoms with van der Waals surface area (Å²) in [5.41, 5.74) is 7.45. The molecule has 1 unspecified atom stereocenters. The van der Waals surface area contributed by atoms with Crippen molar-refractivity contribution in [3.8, 4) is 0 Å². The van der Waals surface area contributed by atoms with Crippen LogP contribution in [0.4, 0.5) is 0 Å². The molecule has 84 valence electrons. The van der Waals surface area contributed by atoms with Crippen molar-refractivity contribution in [3.63, 3.8) is 0 Å². The summed E-state index contributed by atoms with van der Waals surface area (Å²) in [5.74, 6) is 1.02. The first kappa shape index (κ1) is 11.5. The van der Waals surface area contributed by atoms with Crippen molar-refractivity contribution in [3.05, 3.63) is 48.0 Å². The Balaban J connectivity index is 2.30. The van der Waals surface area contributed by atoms with Gasteiger partial charge < -0.3 is 5.73 Å². The van der Waals surface area contributed by atoms with E-state index in [0.717, 1.165) is 12.2 Å². The Morgan fingerprint density at radius 3 is 2.69 bits per heavy atom. The second-order valence-corrected chi connectivity index (χ2v) is 4.97. The van der Waals surface area contributed by atoms with Crippen LogP contribution in [0.1, 0.15) is 5.56 Å². The number of hydrogen-bond acceptors (Lipinski definition) is 2. The number of fused-ring (bicyclic) bond motifs is 1. The molecular formula is C14H17NS. The van der Waals surface area contributed by atoms with Gasteiger partial charge in [-0.1, -0.05) is 42.5 Å². The van der Waals surface area contributed by atoms with Crippen LogP contribution in [0.2, 0.25) is 0 Å². The minimum absolute atomic E-state index is 0.251. The van der Waals surface area contributed by atoms with E-state index in [1.54, 1.807) is 0 Å². The lowest BCUT2D eigenvalue weighted by Gasteiger charge is -2.12. The summed E-state index contributed by atoms with van der Waals surface area (Å²) >= 11 is 1.81. The molecule has 16 heavy (non-hydrogen) atoms. The van der Waals surface area contributed by atoms with E-state index in [1.807, 2.05) is 11.8 Å². The minimum atomic E-state index is 0.251. The lowest BCUT2D eigenvalue weighted by atomic mass is 10.00. The van der Waals surface area contributed by atoms with E-state index in [9.17, 15) is 0 Å². The molecule has 2 heteroatoms. The van der Waals surface area contributed by atoms with Crippen LogP contribution in [0.5, 0.6) is 0 Å². The number of rotatable bonds is 4. The second kappa shape index (κ2) is 5.37. The van der Waals surface area contributed by atoms with Gasteiger partial charge in [-0.25, -0.2) is 0 Å². The maximum absolute atomic E-state index is 6.09. The third kappa shape index (κ3) is 2.57. The molecule has 0 aliphatic heterocycles. The Bertz CT molecular complexity index is 462. The van der Waals surface area contributed by atoms with Crippen LogP contribution in [0.3, 0.4) is 0 Å². The van der Waals surface area contributed by atoms with Gasteiger partial charge >= 0.3 is 0 Å². The highest BCUT2D eigenvalue weighted by Crippen LogP contribution is 2.19. The quantitative estimate of drug-likeness (QED) is 0.875. The average Bonchev–Trinajstić information content (AvgIpc) is 2.30. The summed E-state index contributed by atoms with van der Waals surface area (Å²) in [4.78, 5) is 0. The zero-order chi connectivity index (χ0) is 11.4. The molecule has 2 N–H and O–H groups in total. The highest BCUT2D eigenvalue weighted by atomic mass is 32.2. The van der Waals surface area contributed by atoms with Crippen molar-refractivity contribution in [2.45, 2.75) is 12.5 Å². The van der Waals surface area contributed by atoms with Crippen LogP contribution in [-0.2, 0) is 6.42 Å². The Labute approximate surface area is 101 Å². The predicted molar refractivity (Wildman–Crippen MR) is 74.0 cm³/mol. The molecule has 0 heterocycles. The molecule has 1 nitrogen and oxygen atoms in total. The average molecular weight is 231 g/mol. The molecule has 0 aliphatic rings. The van der Waals surface area contributed by atoms with Gasteiger partial charge in [-0.3, -0.25) is 0 Å². The largest absolute Gasteiger partial charge is 0.327 e. The lowest BCUT2D eigenvalue weighted by Crippen LogP contribution is -2.25. The van der Waals surface area contributed by atoms with E-state index in [0.29, 0.717) is 0 Å². The van der Waals surface area contributed by atoms with E-state index in [1.165, 1.54) is 16.3 Å². The van der Waals surface area contributed by atoms with Crippen LogP contribution < -0.4 is 5.73 Å². The highest BCUT2D eigenvalue weighted by molar-refractivity contribution is 7.98. The van der Waals surface area contributed by atoms with Crippen molar-refractivity contribution >= 4 is 22.5 Å².